The molecule has 0 spiro atoms. The fourth-order valence-electron chi connectivity index (χ4n) is 1.82. The maximum absolute atomic E-state index is 11.3. The van der Waals surface area contributed by atoms with Crippen LogP contribution in [0.3, 0.4) is 0 Å². The lowest BCUT2D eigenvalue weighted by Crippen LogP contribution is -2.31. The molecule has 18 heavy (non-hydrogen) atoms. The third-order valence-corrected chi connectivity index (χ3v) is 3.40. The van der Waals surface area contributed by atoms with E-state index in [0.717, 1.165) is 10.0 Å². The van der Waals surface area contributed by atoms with Crippen LogP contribution in [0.2, 0.25) is 0 Å². The number of urea groups is 1. The van der Waals surface area contributed by atoms with Crippen LogP contribution < -0.4 is 10.1 Å². The number of rotatable bonds is 5. The van der Waals surface area contributed by atoms with E-state index >= 15 is 0 Å². The second-order valence-corrected chi connectivity index (χ2v) is 4.81. The second kappa shape index (κ2) is 6.06. The quantitative estimate of drug-likeness (QED) is 0.862. The Morgan fingerprint density at radius 1 is 1.50 bits per heavy atom. The van der Waals surface area contributed by atoms with Gasteiger partial charge in [0.2, 0.25) is 0 Å². The number of halogens is 1. The molecule has 2 amide bonds. The summed E-state index contributed by atoms with van der Waals surface area (Å²) in [6.07, 6.45) is 0. The zero-order valence-electron chi connectivity index (χ0n) is 9.86. The summed E-state index contributed by atoms with van der Waals surface area (Å²) < 4.78 is 6.45. The average Bonchev–Trinajstić information content (AvgIpc) is 2.77. The summed E-state index contributed by atoms with van der Waals surface area (Å²) in [6, 6.07) is 5.46. The van der Waals surface area contributed by atoms with Crippen molar-refractivity contribution >= 4 is 22.0 Å². The van der Waals surface area contributed by atoms with E-state index in [4.69, 9.17) is 4.74 Å². The summed E-state index contributed by atoms with van der Waals surface area (Å²) in [5, 5.41) is 12.0. The second-order valence-electron chi connectivity index (χ2n) is 3.95. The molecule has 0 saturated carbocycles. The Bertz CT molecular complexity index is 439. The number of para-hydroxylation sites is 1. The van der Waals surface area contributed by atoms with Crippen molar-refractivity contribution in [3.8, 4) is 5.75 Å². The molecule has 2 N–H and O–H groups in total. The number of aliphatic hydroxyl groups is 1. The summed E-state index contributed by atoms with van der Waals surface area (Å²) in [7, 11) is 0. The highest BCUT2D eigenvalue weighted by Crippen LogP contribution is 2.29. The first-order valence-electron chi connectivity index (χ1n) is 5.76. The molecule has 0 bridgehead atoms. The number of aliphatic hydroxyl groups excluding tert-OH is 1. The van der Waals surface area contributed by atoms with Gasteiger partial charge >= 0.3 is 6.03 Å². The largest absolute Gasteiger partial charge is 0.490 e. The normalized spacial score (nSPS) is 14.8. The molecule has 6 heteroatoms. The minimum atomic E-state index is -0.0705. The summed E-state index contributed by atoms with van der Waals surface area (Å²) in [4.78, 5) is 13.0. The zero-order valence-corrected chi connectivity index (χ0v) is 11.4. The van der Waals surface area contributed by atoms with Gasteiger partial charge in [0.25, 0.3) is 0 Å². The van der Waals surface area contributed by atoms with Crippen LogP contribution in [0.1, 0.15) is 5.56 Å². The first-order valence-corrected chi connectivity index (χ1v) is 6.55. The number of nitrogens with zero attached hydrogens (tertiary/aromatic N) is 1. The van der Waals surface area contributed by atoms with E-state index in [9.17, 15) is 9.90 Å². The lowest BCUT2D eigenvalue weighted by molar-refractivity contribution is 0.200. The molecule has 0 aromatic heterocycles. The van der Waals surface area contributed by atoms with E-state index in [1.165, 1.54) is 0 Å². The van der Waals surface area contributed by atoms with Crippen LogP contribution in [0.25, 0.3) is 0 Å². The molecule has 1 aliphatic rings. The van der Waals surface area contributed by atoms with E-state index in [-0.39, 0.29) is 12.6 Å². The van der Waals surface area contributed by atoms with Crippen molar-refractivity contribution < 1.29 is 14.6 Å². The van der Waals surface area contributed by atoms with E-state index in [0.29, 0.717) is 32.0 Å². The van der Waals surface area contributed by atoms with Gasteiger partial charge in [0.05, 0.1) is 17.6 Å². The summed E-state index contributed by atoms with van der Waals surface area (Å²) in [5.74, 6) is 0.639. The molecule has 2 rings (SSSR count). The van der Waals surface area contributed by atoms with Crippen molar-refractivity contribution in [2.45, 2.75) is 6.61 Å². The van der Waals surface area contributed by atoms with Gasteiger partial charge in [-0.2, -0.15) is 0 Å². The molecule has 1 aromatic rings. The topological polar surface area (TPSA) is 61.8 Å². The number of benzene rings is 1. The lowest BCUT2D eigenvalue weighted by Gasteiger charge is -2.16. The van der Waals surface area contributed by atoms with Gasteiger partial charge < -0.3 is 20.1 Å². The fourth-order valence-corrected chi connectivity index (χ4v) is 2.34. The van der Waals surface area contributed by atoms with Crippen LogP contribution in [0.15, 0.2) is 22.7 Å². The van der Waals surface area contributed by atoms with E-state index < -0.39 is 0 Å². The highest BCUT2D eigenvalue weighted by Gasteiger charge is 2.19. The zero-order chi connectivity index (χ0) is 13.0. The molecule has 1 heterocycles. The summed E-state index contributed by atoms with van der Waals surface area (Å²) in [6.45, 7) is 2.28. The molecule has 1 aromatic carbocycles. The number of carbonyl (C=O) groups is 1. The van der Waals surface area contributed by atoms with Crippen molar-refractivity contribution in [3.05, 3.63) is 28.2 Å². The van der Waals surface area contributed by atoms with Gasteiger partial charge in [0, 0.05) is 18.7 Å². The highest BCUT2D eigenvalue weighted by atomic mass is 79.9. The molecule has 0 atom stereocenters. The molecule has 98 valence electrons. The third kappa shape index (κ3) is 2.94. The van der Waals surface area contributed by atoms with E-state index in [2.05, 4.69) is 21.2 Å². The van der Waals surface area contributed by atoms with Crippen molar-refractivity contribution in [2.75, 3.05) is 26.2 Å². The van der Waals surface area contributed by atoms with Crippen molar-refractivity contribution in [3.63, 3.8) is 0 Å². The summed E-state index contributed by atoms with van der Waals surface area (Å²) in [5.41, 5.74) is 0.732. The molecular formula is C12H15BrN2O3. The standard InChI is InChI=1S/C12H15BrN2O3/c13-10-3-1-2-9(8-16)11(10)18-7-6-15-5-4-14-12(15)17/h1-3,16H,4-8H2,(H,14,17). The number of amides is 2. The monoisotopic (exact) mass is 314 g/mol. The number of carbonyl (C=O) groups excluding carboxylic acids is 1. The van der Waals surface area contributed by atoms with Crippen LogP contribution >= 0.6 is 15.9 Å². The van der Waals surface area contributed by atoms with Gasteiger partial charge in [-0.25, -0.2) is 4.79 Å². The van der Waals surface area contributed by atoms with Gasteiger partial charge in [-0.3, -0.25) is 0 Å². The Labute approximate surface area is 114 Å². The molecule has 1 aliphatic heterocycles. The van der Waals surface area contributed by atoms with Gasteiger partial charge in [-0.15, -0.1) is 0 Å². The third-order valence-electron chi connectivity index (χ3n) is 2.77. The molecule has 0 unspecified atom stereocenters. The van der Waals surface area contributed by atoms with Gasteiger partial charge in [-0.1, -0.05) is 12.1 Å². The predicted octanol–water partition coefficient (Wildman–Crippen LogP) is 1.35. The Balaban J connectivity index is 1.92. The Hall–Kier alpha value is -1.27. The predicted molar refractivity (Wildman–Crippen MR) is 70.5 cm³/mol. The molecular weight excluding hydrogens is 300 g/mol. The maximum atomic E-state index is 11.3. The Kier molecular flexibility index (Phi) is 4.43. The molecule has 0 radical (unpaired) electrons. The smallest absolute Gasteiger partial charge is 0.317 e. The van der Waals surface area contributed by atoms with Crippen LogP contribution in [0, 0.1) is 0 Å². The SMILES string of the molecule is O=C1NCCN1CCOc1c(Br)cccc1CO. The van der Waals surface area contributed by atoms with Crippen LogP contribution in [0.5, 0.6) is 5.75 Å². The van der Waals surface area contributed by atoms with Gasteiger partial charge in [0.1, 0.15) is 12.4 Å². The van der Waals surface area contributed by atoms with Crippen LogP contribution in [-0.2, 0) is 6.61 Å². The number of nitrogens with one attached hydrogen (secondary N) is 1. The van der Waals surface area contributed by atoms with E-state index in [1.54, 1.807) is 4.90 Å². The van der Waals surface area contributed by atoms with Crippen molar-refractivity contribution in [1.29, 1.82) is 0 Å². The maximum Gasteiger partial charge on any atom is 0.317 e. The molecule has 1 fully saturated rings. The lowest BCUT2D eigenvalue weighted by atomic mass is 10.2. The van der Waals surface area contributed by atoms with Gasteiger partial charge in [0.15, 0.2) is 0 Å². The first-order chi connectivity index (χ1) is 8.72. The molecule has 1 saturated heterocycles. The minimum absolute atomic E-state index is 0.0480. The molecule has 5 nitrogen and oxygen atoms in total. The number of hydrogen-bond acceptors (Lipinski definition) is 3. The van der Waals surface area contributed by atoms with E-state index in [1.807, 2.05) is 18.2 Å². The van der Waals surface area contributed by atoms with Crippen molar-refractivity contribution in [1.82, 2.24) is 10.2 Å². The number of hydrogen-bond donors (Lipinski definition) is 2. The number of ether oxygens (including phenoxy) is 1. The summed E-state index contributed by atoms with van der Waals surface area (Å²) >= 11 is 3.38. The highest BCUT2D eigenvalue weighted by molar-refractivity contribution is 9.10. The van der Waals surface area contributed by atoms with Crippen LogP contribution in [0.4, 0.5) is 4.79 Å². The van der Waals surface area contributed by atoms with Crippen LogP contribution in [-0.4, -0.2) is 42.3 Å². The average molecular weight is 315 g/mol. The van der Waals surface area contributed by atoms with Crippen molar-refractivity contribution in [2.24, 2.45) is 0 Å². The Morgan fingerprint density at radius 2 is 2.33 bits per heavy atom. The minimum Gasteiger partial charge on any atom is -0.490 e. The Morgan fingerprint density at radius 3 is 3.00 bits per heavy atom. The molecule has 0 aliphatic carbocycles. The van der Waals surface area contributed by atoms with Gasteiger partial charge in [-0.05, 0) is 22.0 Å². The first kappa shape index (κ1) is 13.2. The fraction of sp³-hybridized carbons (Fsp3) is 0.417.